The molecule has 26 heavy (non-hydrogen) atoms. The molecule has 2 aliphatic rings. The van der Waals surface area contributed by atoms with Gasteiger partial charge in [-0.25, -0.2) is 4.98 Å². The minimum Gasteiger partial charge on any atom is -0.464 e. The van der Waals surface area contributed by atoms with Crippen molar-refractivity contribution in [2.75, 3.05) is 0 Å². The van der Waals surface area contributed by atoms with Crippen LogP contribution in [-0.2, 0) is 13.1 Å². The van der Waals surface area contributed by atoms with Gasteiger partial charge in [-0.15, -0.1) is 0 Å². The molecule has 0 aliphatic heterocycles. The minimum absolute atomic E-state index is 0.0237. The fourth-order valence-electron chi connectivity index (χ4n) is 3.74. The monoisotopic (exact) mass is 349 g/mol. The summed E-state index contributed by atoms with van der Waals surface area (Å²) in [5, 5.41) is 0. The van der Waals surface area contributed by atoms with Crippen LogP contribution in [0.2, 0.25) is 0 Å². The molecule has 0 unspecified atom stereocenters. The molecule has 2 aliphatic carbocycles. The molecule has 5 nitrogen and oxygen atoms in total. The van der Waals surface area contributed by atoms with Gasteiger partial charge in [0.25, 0.3) is 5.56 Å². The number of furan rings is 1. The summed E-state index contributed by atoms with van der Waals surface area (Å²) in [6, 6.07) is 12.1. The van der Waals surface area contributed by atoms with Crippen LogP contribution in [0.15, 0.2) is 51.8 Å². The number of fused-ring (bicyclic) bond motifs is 1. The van der Waals surface area contributed by atoms with Gasteiger partial charge in [-0.2, -0.15) is 0 Å². The van der Waals surface area contributed by atoms with Crippen molar-refractivity contribution in [3.63, 3.8) is 0 Å². The van der Waals surface area contributed by atoms with Crippen molar-refractivity contribution in [2.24, 2.45) is 5.92 Å². The van der Waals surface area contributed by atoms with E-state index in [1.807, 2.05) is 18.2 Å². The van der Waals surface area contributed by atoms with Gasteiger partial charge in [-0.1, -0.05) is 13.0 Å². The second-order valence-corrected chi connectivity index (χ2v) is 7.77. The molecule has 2 atom stereocenters. The van der Waals surface area contributed by atoms with Gasteiger partial charge in [-0.05, 0) is 49.4 Å². The molecule has 0 amide bonds. The SMILES string of the molecule is C[C@@H]1C[C@H]1c1ccc(CN(Cc2cc(=O)n3ccccc3n2)C2CC2)o1. The Kier molecular flexibility index (Phi) is 3.71. The average molecular weight is 349 g/mol. The van der Waals surface area contributed by atoms with Gasteiger partial charge in [0.05, 0.1) is 12.2 Å². The summed E-state index contributed by atoms with van der Waals surface area (Å²) in [5.41, 5.74) is 1.51. The van der Waals surface area contributed by atoms with E-state index in [2.05, 4.69) is 28.9 Å². The normalized spacial score (nSPS) is 22.2. The number of pyridine rings is 1. The molecule has 2 saturated carbocycles. The fraction of sp³-hybridized carbons (Fsp3) is 0.429. The highest BCUT2D eigenvalue weighted by atomic mass is 16.3. The van der Waals surface area contributed by atoms with Crippen molar-refractivity contribution in [1.29, 1.82) is 0 Å². The number of rotatable bonds is 6. The number of aromatic nitrogens is 2. The topological polar surface area (TPSA) is 50.8 Å². The predicted octanol–water partition coefficient (Wildman–Crippen LogP) is 3.58. The van der Waals surface area contributed by atoms with E-state index in [-0.39, 0.29) is 5.56 Å². The van der Waals surface area contributed by atoms with Crippen LogP contribution in [0.25, 0.3) is 5.65 Å². The third-order valence-electron chi connectivity index (χ3n) is 5.57. The number of nitrogens with zero attached hydrogens (tertiary/aromatic N) is 3. The largest absolute Gasteiger partial charge is 0.464 e. The first-order valence-corrected chi connectivity index (χ1v) is 9.47. The van der Waals surface area contributed by atoms with Crippen LogP contribution < -0.4 is 5.56 Å². The fourth-order valence-corrected chi connectivity index (χ4v) is 3.74. The van der Waals surface area contributed by atoms with Crippen LogP contribution in [-0.4, -0.2) is 20.3 Å². The molecule has 0 aromatic carbocycles. The molecule has 0 saturated heterocycles. The molecule has 5 rings (SSSR count). The molecule has 0 spiro atoms. The highest BCUT2D eigenvalue weighted by Crippen LogP contribution is 2.47. The Hall–Kier alpha value is -2.40. The first kappa shape index (κ1) is 15.8. The van der Waals surface area contributed by atoms with Crippen molar-refractivity contribution >= 4 is 5.65 Å². The van der Waals surface area contributed by atoms with Crippen molar-refractivity contribution in [3.8, 4) is 0 Å². The van der Waals surface area contributed by atoms with Crippen molar-refractivity contribution in [3.05, 3.63) is 70.2 Å². The van der Waals surface area contributed by atoms with Gasteiger partial charge in [0.1, 0.15) is 17.2 Å². The van der Waals surface area contributed by atoms with Crippen LogP contribution in [0, 0.1) is 5.92 Å². The maximum absolute atomic E-state index is 12.3. The lowest BCUT2D eigenvalue weighted by Gasteiger charge is -2.20. The quantitative estimate of drug-likeness (QED) is 0.683. The standard InChI is InChI=1S/C21H23N3O2/c1-14-10-18(14)19-8-7-17(26-19)13-23(16-5-6-16)12-15-11-21(25)24-9-3-2-4-20(24)22-15/h2-4,7-9,11,14,16,18H,5-6,10,12-13H2,1H3/t14-,18-/m1/s1. The Labute approximate surface area is 152 Å². The summed E-state index contributed by atoms with van der Waals surface area (Å²) in [4.78, 5) is 19.4. The van der Waals surface area contributed by atoms with E-state index >= 15 is 0 Å². The maximum atomic E-state index is 12.3. The Morgan fingerprint density at radius 3 is 2.85 bits per heavy atom. The lowest BCUT2D eigenvalue weighted by molar-refractivity contribution is 0.220. The van der Waals surface area contributed by atoms with Gasteiger partial charge >= 0.3 is 0 Å². The van der Waals surface area contributed by atoms with Crippen molar-refractivity contribution in [2.45, 2.75) is 51.2 Å². The van der Waals surface area contributed by atoms with Crippen molar-refractivity contribution in [1.82, 2.24) is 14.3 Å². The molecule has 2 fully saturated rings. The Morgan fingerprint density at radius 1 is 1.23 bits per heavy atom. The lowest BCUT2D eigenvalue weighted by atomic mass is 10.2. The summed E-state index contributed by atoms with van der Waals surface area (Å²) >= 11 is 0. The molecule has 3 aromatic heterocycles. The summed E-state index contributed by atoms with van der Waals surface area (Å²) in [6.07, 6.45) is 5.42. The minimum atomic E-state index is -0.0237. The molecule has 0 radical (unpaired) electrons. The highest BCUT2D eigenvalue weighted by Gasteiger charge is 2.37. The maximum Gasteiger partial charge on any atom is 0.258 e. The second-order valence-electron chi connectivity index (χ2n) is 7.77. The van der Waals surface area contributed by atoms with E-state index in [0.717, 1.165) is 29.7 Å². The van der Waals surface area contributed by atoms with Crippen LogP contribution in [0.3, 0.4) is 0 Å². The van der Waals surface area contributed by atoms with Crippen LogP contribution >= 0.6 is 0 Å². The van der Waals surface area contributed by atoms with Crippen LogP contribution in [0.4, 0.5) is 0 Å². The zero-order valence-corrected chi connectivity index (χ0v) is 15.0. The third kappa shape index (κ3) is 3.07. The summed E-state index contributed by atoms with van der Waals surface area (Å²) in [7, 11) is 0. The molecule has 3 aromatic rings. The van der Waals surface area contributed by atoms with Crippen molar-refractivity contribution < 1.29 is 4.42 Å². The van der Waals surface area contributed by atoms with Gasteiger partial charge < -0.3 is 4.42 Å². The molecule has 0 N–H and O–H groups in total. The molecular formula is C21H23N3O2. The number of hydrogen-bond donors (Lipinski definition) is 0. The summed E-state index contributed by atoms with van der Waals surface area (Å²) < 4.78 is 7.67. The molecule has 0 bridgehead atoms. The average Bonchev–Trinajstić information content (AvgIpc) is 3.55. The first-order chi connectivity index (χ1) is 12.7. The van der Waals surface area contributed by atoms with E-state index < -0.39 is 0 Å². The van der Waals surface area contributed by atoms with E-state index in [1.165, 1.54) is 19.3 Å². The molecule has 5 heteroatoms. The Balaban J connectivity index is 1.36. The van der Waals surface area contributed by atoms with Gasteiger partial charge in [-0.3, -0.25) is 14.1 Å². The van der Waals surface area contributed by atoms with E-state index in [4.69, 9.17) is 4.42 Å². The second kappa shape index (κ2) is 6.09. The first-order valence-electron chi connectivity index (χ1n) is 9.47. The van der Waals surface area contributed by atoms with E-state index in [9.17, 15) is 4.79 Å². The lowest BCUT2D eigenvalue weighted by Crippen LogP contribution is -2.27. The Morgan fingerprint density at radius 2 is 2.08 bits per heavy atom. The van der Waals surface area contributed by atoms with Gasteiger partial charge in [0.2, 0.25) is 0 Å². The molecule has 3 heterocycles. The number of hydrogen-bond acceptors (Lipinski definition) is 4. The van der Waals surface area contributed by atoms with Gasteiger partial charge in [0.15, 0.2) is 0 Å². The smallest absolute Gasteiger partial charge is 0.258 e. The van der Waals surface area contributed by atoms with Crippen LogP contribution in [0.1, 0.15) is 49.3 Å². The van der Waals surface area contributed by atoms with E-state index in [1.54, 1.807) is 16.7 Å². The third-order valence-corrected chi connectivity index (χ3v) is 5.57. The Bertz CT molecular complexity index is 1000. The highest BCUT2D eigenvalue weighted by molar-refractivity contribution is 5.38. The predicted molar refractivity (Wildman–Crippen MR) is 99.0 cm³/mol. The van der Waals surface area contributed by atoms with Gasteiger partial charge in [0, 0.05) is 30.8 Å². The zero-order valence-electron chi connectivity index (χ0n) is 15.0. The zero-order chi connectivity index (χ0) is 17.7. The molecule has 134 valence electrons. The summed E-state index contributed by atoms with van der Waals surface area (Å²) in [6.45, 7) is 3.73. The van der Waals surface area contributed by atoms with Crippen LogP contribution in [0.5, 0.6) is 0 Å². The van der Waals surface area contributed by atoms with E-state index in [0.29, 0.717) is 24.2 Å². The summed E-state index contributed by atoms with van der Waals surface area (Å²) in [5.74, 6) is 3.51. The molecular weight excluding hydrogens is 326 g/mol.